The maximum absolute atomic E-state index is 12.6. The van der Waals surface area contributed by atoms with Gasteiger partial charge in [-0.3, -0.25) is 9.59 Å². The topological polar surface area (TPSA) is 159 Å². The van der Waals surface area contributed by atoms with Crippen molar-refractivity contribution in [1.82, 2.24) is 10.3 Å². The van der Waals surface area contributed by atoms with E-state index >= 15 is 0 Å². The summed E-state index contributed by atoms with van der Waals surface area (Å²) in [7, 11) is 1.58. The van der Waals surface area contributed by atoms with Gasteiger partial charge in [0.1, 0.15) is 5.75 Å². The van der Waals surface area contributed by atoms with Gasteiger partial charge in [0.2, 0.25) is 17.6 Å². The van der Waals surface area contributed by atoms with Crippen molar-refractivity contribution in [2.75, 3.05) is 22.6 Å². The zero-order valence-corrected chi connectivity index (χ0v) is 19.5. The number of nitrogens with two attached hydrogens (primary N) is 1. The molecule has 0 fully saturated rings. The number of amides is 2. The number of hydrogen-bond acceptors (Lipinski definition) is 9. The van der Waals surface area contributed by atoms with E-state index in [1.165, 1.54) is 31.2 Å². The third kappa shape index (κ3) is 4.64. The highest BCUT2D eigenvalue weighted by atomic mass is 32.1. The number of halogens is 3. The van der Waals surface area contributed by atoms with Gasteiger partial charge in [0, 0.05) is 20.0 Å². The number of carbonyl (C=O) groups is 3. The molecule has 0 bridgehead atoms. The predicted octanol–water partition coefficient (Wildman–Crippen LogP) is 2.51. The van der Waals surface area contributed by atoms with Crippen LogP contribution in [0.15, 0.2) is 36.4 Å². The van der Waals surface area contributed by atoms with E-state index in [9.17, 15) is 32.7 Å². The average Bonchev–Trinajstić information content (AvgIpc) is 3.28. The first-order valence-electron chi connectivity index (χ1n) is 10.2. The molecule has 0 radical (unpaired) electrons. The van der Waals surface area contributed by atoms with Crippen molar-refractivity contribution in [3.63, 3.8) is 0 Å². The predicted molar refractivity (Wildman–Crippen MR) is 125 cm³/mol. The Hall–Kier alpha value is -4.27. The molecule has 0 spiro atoms. The molecule has 3 aromatic rings. The number of carbonyl (C=O) groups excluding carboxylic acids is 2. The fraction of sp³-hybridized carbons (Fsp3) is 0.238. The van der Waals surface area contributed by atoms with E-state index < -0.39 is 41.7 Å². The summed E-state index contributed by atoms with van der Waals surface area (Å²) in [4.78, 5) is 41.8. The molecular formula is C21H19F3N6O5S. The highest BCUT2D eigenvalue weighted by Crippen LogP contribution is 2.43. The number of aromatic nitrogens is 1. The molecule has 1 aliphatic heterocycles. The smallest absolute Gasteiger partial charge is 0.478 e. The number of aromatic carboxylic acids is 1. The quantitative estimate of drug-likeness (QED) is 0.313. The van der Waals surface area contributed by atoms with Gasteiger partial charge in [-0.15, -0.1) is 13.2 Å². The van der Waals surface area contributed by atoms with Crippen molar-refractivity contribution < 1.29 is 37.4 Å². The van der Waals surface area contributed by atoms with E-state index in [0.29, 0.717) is 21.6 Å². The van der Waals surface area contributed by atoms with E-state index in [-0.39, 0.29) is 10.7 Å². The Bertz CT molecular complexity index is 1380. The Kier molecular flexibility index (Phi) is 6.03. The number of benzene rings is 2. The molecule has 0 saturated carbocycles. The van der Waals surface area contributed by atoms with Gasteiger partial charge < -0.3 is 36.4 Å². The minimum atomic E-state index is -4.87. The molecule has 4 rings (SSSR count). The van der Waals surface area contributed by atoms with E-state index in [1.807, 2.05) is 0 Å². The number of fused-ring (bicyclic) bond motifs is 2. The van der Waals surface area contributed by atoms with Crippen molar-refractivity contribution in [2.24, 2.45) is 5.73 Å². The molecule has 2 atom stereocenters. The lowest BCUT2D eigenvalue weighted by Gasteiger charge is -2.42. The molecule has 2 unspecified atom stereocenters. The van der Waals surface area contributed by atoms with Gasteiger partial charge in [0.05, 0.1) is 27.2 Å². The number of alkyl halides is 3. The minimum Gasteiger partial charge on any atom is -0.478 e. The number of hydrogen-bond donors (Lipinski definition) is 5. The SMILES string of the molecule is CC(=O)NC(C(N)=O)C1(Nc2nc3ccc(OC(F)(F)F)cc3s2)Nc2cc(C(=O)O)ccc2N1C. The lowest BCUT2D eigenvalue weighted by molar-refractivity contribution is -0.274. The largest absolute Gasteiger partial charge is 0.573 e. The molecule has 2 aromatic carbocycles. The lowest BCUT2D eigenvalue weighted by Crippen LogP contribution is -2.71. The van der Waals surface area contributed by atoms with Crippen LogP contribution in [0, 0.1) is 0 Å². The number of rotatable bonds is 7. The normalized spacial score (nSPS) is 17.8. The number of primary amides is 1. The second-order valence-electron chi connectivity index (χ2n) is 7.84. The summed E-state index contributed by atoms with van der Waals surface area (Å²) in [5.74, 6) is -4.77. The fourth-order valence-electron chi connectivity index (χ4n) is 3.90. The summed E-state index contributed by atoms with van der Waals surface area (Å²) in [6.07, 6.45) is -4.87. The molecule has 11 nitrogen and oxygen atoms in total. The van der Waals surface area contributed by atoms with Gasteiger partial charge in [-0.1, -0.05) is 11.3 Å². The van der Waals surface area contributed by atoms with Crippen LogP contribution in [0.1, 0.15) is 17.3 Å². The van der Waals surface area contributed by atoms with Crippen LogP contribution >= 0.6 is 11.3 Å². The molecule has 15 heteroatoms. The number of carboxylic acid groups (broad SMARTS) is 1. The number of anilines is 3. The van der Waals surface area contributed by atoms with E-state index in [2.05, 4.69) is 25.7 Å². The summed E-state index contributed by atoms with van der Waals surface area (Å²) in [6.45, 7) is 1.19. The van der Waals surface area contributed by atoms with Crippen molar-refractivity contribution in [3.8, 4) is 5.75 Å². The third-order valence-electron chi connectivity index (χ3n) is 5.40. The van der Waals surface area contributed by atoms with Gasteiger partial charge in [0.15, 0.2) is 11.2 Å². The molecule has 1 aromatic heterocycles. The number of nitrogens with one attached hydrogen (secondary N) is 3. The summed E-state index contributed by atoms with van der Waals surface area (Å²) >= 11 is 0.964. The second-order valence-corrected chi connectivity index (χ2v) is 8.88. The van der Waals surface area contributed by atoms with Crippen molar-refractivity contribution in [2.45, 2.75) is 25.1 Å². The van der Waals surface area contributed by atoms with Crippen molar-refractivity contribution in [1.29, 1.82) is 0 Å². The van der Waals surface area contributed by atoms with Gasteiger partial charge in [-0.2, -0.15) is 0 Å². The molecule has 0 aliphatic carbocycles. The highest BCUT2D eigenvalue weighted by molar-refractivity contribution is 7.22. The Labute approximate surface area is 205 Å². The molecule has 1 aliphatic rings. The molecule has 6 N–H and O–H groups in total. The van der Waals surface area contributed by atoms with Crippen molar-refractivity contribution >= 4 is 55.8 Å². The highest BCUT2D eigenvalue weighted by Gasteiger charge is 2.52. The molecule has 2 amide bonds. The van der Waals surface area contributed by atoms with Crippen LogP contribution < -0.4 is 31.3 Å². The van der Waals surface area contributed by atoms with Crippen LogP contribution in [0.3, 0.4) is 0 Å². The Balaban J connectivity index is 1.78. The second kappa shape index (κ2) is 8.75. The first kappa shape index (κ1) is 24.8. The van der Waals surface area contributed by atoms with Gasteiger partial charge in [-0.05, 0) is 30.3 Å². The molecule has 36 heavy (non-hydrogen) atoms. The maximum Gasteiger partial charge on any atom is 0.573 e. The molecule has 0 saturated heterocycles. The summed E-state index contributed by atoms with van der Waals surface area (Å²) < 4.78 is 42.1. The minimum absolute atomic E-state index is 0.0298. The van der Waals surface area contributed by atoms with Crippen LogP contribution in [0.2, 0.25) is 0 Å². The lowest BCUT2D eigenvalue weighted by atomic mass is 10.1. The number of likely N-dealkylation sites (N-methyl/N-ethyl adjacent to an activating group) is 1. The van der Waals surface area contributed by atoms with E-state index in [4.69, 9.17) is 5.73 Å². The first-order chi connectivity index (χ1) is 16.8. The van der Waals surface area contributed by atoms with Crippen LogP contribution in [0.5, 0.6) is 5.75 Å². The third-order valence-corrected chi connectivity index (χ3v) is 6.33. The standard InChI is InChI=1S/C21H19F3N6O5S/c1-9(31)26-16(17(25)32)20(28-13-7-10(18(33)34)3-6-14(13)30(20)2)29-19-27-12-5-4-11(8-15(12)36-19)35-21(22,23)24/h3-8,16,28H,1-2H3,(H2,25,32)(H,26,31)(H,27,29)(H,33,34). The monoisotopic (exact) mass is 524 g/mol. The summed E-state index contributed by atoms with van der Waals surface area (Å²) in [5.41, 5.74) is 6.75. The fourth-order valence-corrected chi connectivity index (χ4v) is 4.85. The Morgan fingerprint density at radius 2 is 1.97 bits per heavy atom. The average molecular weight is 524 g/mol. The zero-order chi connectivity index (χ0) is 26.4. The van der Waals surface area contributed by atoms with E-state index in [1.54, 1.807) is 11.9 Å². The maximum atomic E-state index is 12.6. The number of nitrogens with zero attached hydrogens (tertiary/aromatic N) is 2. The number of carboxylic acids is 1. The van der Waals surface area contributed by atoms with Gasteiger partial charge >= 0.3 is 12.3 Å². The number of thiazole rings is 1. The first-order valence-corrected chi connectivity index (χ1v) is 11.0. The van der Waals surface area contributed by atoms with Gasteiger partial charge in [0.25, 0.3) is 0 Å². The molecule has 2 heterocycles. The van der Waals surface area contributed by atoms with E-state index in [0.717, 1.165) is 23.5 Å². The van der Waals surface area contributed by atoms with Crippen LogP contribution in [0.4, 0.5) is 29.7 Å². The van der Waals surface area contributed by atoms with Crippen molar-refractivity contribution in [3.05, 3.63) is 42.0 Å². The summed E-state index contributed by atoms with van der Waals surface area (Å²) in [6, 6.07) is 6.44. The van der Waals surface area contributed by atoms with Crippen LogP contribution in [-0.2, 0) is 9.59 Å². The van der Waals surface area contributed by atoms with Crippen LogP contribution in [0.25, 0.3) is 10.2 Å². The number of ether oxygens (including phenoxy) is 1. The molecule has 190 valence electrons. The Morgan fingerprint density at radius 3 is 2.58 bits per heavy atom. The molecular weight excluding hydrogens is 505 g/mol. The summed E-state index contributed by atoms with van der Waals surface area (Å²) in [5, 5.41) is 18.1. The Morgan fingerprint density at radius 1 is 1.25 bits per heavy atom. The zero-order valence-electron chi connectivity index (χ0n) is 18.6. The van der Waals surface area contributed by atoms with Gasteiger partial charge in [-0.25, -0.2) is 9.78 Å². The van der Waals surface area contributed by atoms with Crippen LogP contribution in [-0.4, -0.2) is 53.1 Å².